The molecule has 0 spiro atoms. The Balaban J connectivity index is 1.50. The third-order valence-electron chi connectivity index (χ3n) is 3.61. The molecule has 0 radical (unpaired) electrons. The van der Waals surface area contributed by atoms with Gasteiger partial charge in [0.15, 0.2) is 0 Å². The van der Waals surface area contributed by atoms with Crippen molar-refractivity contribution >= 4 is 11.0 Å². The highest BCUT2D eigenvalue weighted by Crippen LogP contribution is 2.17. The van der Waals surface area contributed by atoms with Crippen molar-refractivity contribution in [3.8, 4) is 0 Å². The van der Waals surface area contributed by atoms with E-state index in [0.29, 0.717) is 0 Å². The lowest BCUT2D eigenvalue weighted by atomic mass is 10.1. The van der Waals surface area contributed by atoms with E-state index in [0.717, 1.165) is 37.9 Å². The number of aromatic amines is 1. The summed E-state index contributed by atoms with van der Waals surface area (Å²) in [5, 5.41) is 4.72. The van der Waals surface area contributed by atoms with Crippen LogP contribution >= 0.6 is 0 Å². The van der Waals surface area contributed by atoms with Crippen LogP contribution in [0.15, 0.2) is 24.5 Å². The Bertz CT molecular complexity index is 502. The van der Waals surface area contributed by atoms with Crippen molar-refractivity contribution in [2.75, 3.05) is 19.8 Å². The molecule has 1 unspecified atom stereocenters. The van der Waals surface area contributed by atoms with Crippen molar-refractivity contribution in [2.24, 2.45) is 5.92 Å². The molecular formula is C14H19N3O. The number of rotatable bonds is 5. The first kappa shape index (κ1) is 11.7. The fourth-order valence-electron chi connectivity index (χ4n) is 2.50. The normalized spacial score (nSPS) is 19.7. The maximum absolute atomic E-state index is 5.38. The molecular weight excluding hydrogens is 226 g/mol. The second-order valence-electron chi connectivity index (χ2n) is 4.91. The smallest absolute Gasteiger partial charge is 0.137 e. The molecule has 1 aliphatic rings. The number of hydrogen-bond donors (Lipinski definition) is 2. The lowest BCUT2D eigenvalue weighted by molar-refractivity contribution is 0.184. The van der Waals surface area contributed by atoms with Gasteiger partial charge in [-0.2, -0.15) is 0 Å². The molecule has 0 aliphatic carbocycles. The van der Waals surface area contributed by atoms with Crippen molar-refractivity contribution in [3.63, 3.8) is 0 Å². The number of aromatic nitrogens is 2. The summed E-state index contributed by atoms with van der Waals surface area (Å²) in [7, 11) is 0. The summed E-state index contributed by atoms with van der Waals surface area (Å²) in [6.45, 7) is 3.84. The quantitative estimate of drug-likeness (QED) is 0.793. The first-order valence-corrected chi connectivity index (χ1v) is 6.63. The highest BCUT2D eigenvalue weighted by molar-refractivity contribution is 5.79. The van der Waals surface area contributed by atoms with Gasteiger partial charge in [0, 0.05) is 37.5 Å². The Morgan fingerprint density at radius 1 is 1.50 bits per heavy atom. The van der Waals surface area contributed by atoms with E-state index in [9.17, 15) is 0 Å². The van der Waals surface area contributed by atoms with E-state index in [-0.39, 0.29) is 0 Å². The van der Waals surface area contributed by atoms with E-state index in [1.54, 1.807) is 0 Å². The van der Waals surface area contributed by atoms with Crippen molar-refractivity contribution in [2.45, 2.75) is 19.4 Å². The van der Waals surface area contributed by atoms with E-state index in [1.165, 1.54) is 23.8 Å². The summed E-state index contributed by atoms with van der Waals surface area (Å²) in [4.78, 5) is 7.49. The highest BCUT2D eigenvalue weighted by Gasteiger charge is 2.14. The predicted molar refractivity (Wildman–Crippen MR) is 71.3 cm³/mol. The van der Waals surface area contributed by atoms with Gasteiger partial charge >= 0.3 is 0 Å². The summed E-state index contributed by atoms with van der Waals surface area (Å²) in [6, 6.07) is 4.09. The van der Waals surface area contributed by atoms with Gasteiger partial charge in [-0.3, -0.25) is 0 Å². The maximum Gasteiger partial charge on any atom is 0.137 e. The molecule has 4 heteroatoms. The van der Waals surface area contributed by atoms with E-state index in [2.05, 4.69) is 21.4 Å². The molecule has 1 fully saturated rings. The number of nitrogens with zero attached hydrogens (tertiary/aromatic N) is 1. The van der Waals surface area contributed by atoms with Crippen molar-refractivity contribution in [3.05, 3.63) is 30.1 Å². The van der Waals surface area contributed by atoms with Gasteiger partial charge in [-0.15, -0.1) is 0 Å². The molecule has 96 valence electrons. The number of H-pyrrole nitrogens is 1. The van der Waals surface area contributed by atoms with E-state index < -0.39 is 0 Å². The van der Waals surface area contributed by atoms with Crippen LogP contribution in [0.4, 0.5) is 0 Å². The molecule has 18 heavy (non-hydrogen) atoms. The summed E-state index contributed by atoms with van der Waals surface area (Å²) < 4.78 is 5.38. The van der Waals surface area contributed by atoms with Crippen molar-refractivity contribution < 1.29 is 4.74 Å². The van der Waals surface area contributed by atoms with Crippen molar-refractivity contribution in [1.29, 1.82) is 0 Å². The fraction of sp³-hybridized carbons (Fsp3) is 0.500. The van der Waals surface area contributed by atoms with E-state index in [4.69, 9.17) is 4.74 Å². The number of nitrogens with one attached hydrogen (secondary N) is 2. The van der Waals surface area contributed by atoms with Gasteiger partial charge in [0.2, 0.25) is 0 Å². The Hall–Kier alpha value is -1.39. The predicted octanol–water partition coefficient (Wildman–Crippen LogP) is 2.08. The third kappa shape index (κ3) is 2.54. The Morgan fingerprint density at radius 2 is 2.50 bits per heavy atom. The standard InChI is InChI=1S/C14H19N3O/c1-2-13-12(9-17-14(13)16-5-1)8-15-6-3-11-4-7-18-10-11/h1-2,5,9,11,15H,3-4,6-8,10H2,(H,16,17). The molecule has 1 aliphatic heterocycles. The molecule has 0 saturated carbocycles. The number of fused-ring (bicyclic) bond motifs is 1. The molecule has 4 nitrogen and oxygen atoms in total. The minimum Gasteiger partial charge on any atom is -0.381 e. The lowest BCUT2D eigenvalue weighted by Crippen LogP contribution is -2.17. The minimum absolute atomic E-state index is 0.752. The van der Waals surface area contributed by atoms with Crippen LogP contribution in [0, 0.1) is 5.92 Å². The van der Waals surface area contributed by atoms with Gasteiger partial charge in [0.05, 0.1) is 0 Å². The average Bonchev–Trinajstić information content (AvgIpc) is 3.04. The molecule has 2 N–H and O–H groups in total. The zero-order valence-corrected chi connectivity index (χ0v) is 10.5. The van der Waals surface area contributed by atoms with Crippen LogP contribution in [-0.2, 0) is 11.3 Å². The fourth-order valence-corrected chi connectivity index (χ4v) is 2.50. The van der Waals surface area contributed by atoms with Gasteiger partial charge in [-0.05, 0) is 43.0 Å². The van der Waals surface area contributed by atoms with Gasteiger partial charge < -0.3 is 15.0 Å². The topological polar surface area (TPSA) is 49.9 Å². The monoisotopic (exact) mass is 245 g/mol. The summed E-state index contributed by atoms with van der Waals surface area (Å²) >= 11 is 0. The largest absolute Gasteiger partial charge is 0.381 e. The van der Waals surface area contributed by atoms with Gasteiger partial charge in [0.1, 0.15) is 5.65 Å². The number of ether oxygens (including phenoxy) is 1. The molecule has 1 saturated heterocycles. The molecule has 2 aromatic heterocycles. The number of pyridine rings is 1. The van der Waals surface area contributed by atoms with Crippen LogP contribution in [0.1, 0.15) is 18.4 Å². The molecule has 0 amide bonds. The van der Waals surface area contributed by atoms with E-state index in [1.807, 2.05) is 18.5 Å². The molecule has 3 rings (SSSR count). The minimum atomic E-state index is 0.752. The van der Waals surface area contributed by atoms with Gasteiger partial charge in [-0.25, -0.2) is 4.98 Å². The Labute approximate surface area is 107 Å². The second kappa shape index (κ2) is 5.50. The summed E-state index contributed by atoms with van der Waals surface area (Å²) in [6.07, 6.45) is 6.29. The molecule has 3 heterocycles. The average molecular weight is 245 g/mol. The highest BCUT2D eigenvalue weighted by atomic mass is 16.5. The summed E-state index contributed by atoms with van der Waals surface area (Å²) in [5.74, 6) is 0.752. The van der Waals surface area contributed by atoms with Gasteiger partial charge in [0.25, 0.3) is 0 Å². The molecule has 0 bridgehead atoms. The van der Waals surface area contributed by atoms with Crippen LogP contribution in [-0.4, -0.2) is 29.7 Å². The second-order valence-corrected chi connectivity index (χ2v) is 4.91. The first-order chi connectivity index (χ1) is 8.93. The summed E-state index contributed by atoms with van der Waals surface area (Å²) in [5.41, 5.74) is 2.26. The molecule has 1 atom stereocenters. The van der Waals surface area contributed by atoms with E-state index >= 15 is 0 Å². The first-order valence-electron chi connectivity index (χ1n) is 6.63. The third-order valence-corrected chi connectivity index (χ3v) is 3.61. The van der Waals surface area contributed by atoms with Crippen LogP contribution in [0.25, 0.3) is 11.0 Å². The molecule has 2 aromatic rings. The number of hydrogen-bond acceptors (Lipinski definition) is 3. The SMILES string of the molecule is c1cnc2[nH]cc(CNCCC3CCOC3)c2c1. The maximum atomic E-state index is 5.38. The van der Waals surface area contributed by atoms with Gasteiger partial charge in [-0.1, -0.05) is 0 Å². The van der Waals surface area contributed by atoms with Crippen LogP contribution in [0.5, 0.6) is 0 Å². The zero-order valence-electron chi connectivity index (χ0n) is 10.5. The van der Waals surface area contributed by atoms with Crippen molar-refractivity contribution in [1.82, 2.24) is 15.3 Å². The van der Waals surface area contributed by atoms with Crippen LogP contribution in [0.2, 0.25) is 0 Å². The molecule has 0 aromatic carbocycles. The van der Waals surface area contributed by atoms with Crippen LogP contribution < -0.4 is 5.32 Å². The Kier molecular flexibility index (Phi) is 3.57. The Morgan fingerprint density at radius 3 is 3.39 bits per heavy atom. The zero-order chi connectivity index (χ0) is 12.2. The van der Waals surface area contributed by atoms with Crippen LogP contribution in [0.3, 0.4) is 0 Å². The lowest BCUT2D eigenvalue weighted by Gasteiger charge is -2.08.